The Morgan fingerprint density at radius 3 is 1.17 bits per heavy atom. The zero-order chi connectivity index (χ0) is 11.2. The number of nitrogens with one attached hydrogen (secondary N) is 3. The second-order valence-corrected chi connectivity index (χ2v) is 4.08. The molecule has 0 fully saturated rings. The summed E-state index contributed by atoms with van der Waals surface area (Å²) in [5.41, 5.74) is 0. The van der Waals surface area contributed by atoms with E-state index in [1.165, 1.54) is 51.6 Å². The molecule has 116 valence electrons. The van der Waals surface area contributed by atoms with E-state index in [0.717, 1.165) is 13.1 Å². The van der Waals surface area contributed by atoms with Gasteiger partial charge in [0, 0.05) is 0 Å². The van der Waals surface area contributed by atoms with Crippen LogP contribution < -0.4 is 16.0 Å². The number of hydrogen-bond acceptors (Lipinski definition) is 3. The molecule has 0 radical (unpaired) electrons. The van der Waals surface area contributed by atoms with Crippen molar-refractivity contribution in [3.05, 3.63) is 0 Å². The molecular weight excluding hydrogens is 293 g/mol. The fraction of sp³-hybridized carbons (Fsp3) is 1.00. The Balaban J connectivity index is -0.000000327. The fourth-order valence-corrected chi connectivity index (χ4v) is 1.58. The number of hydrogen-bond donors (Lipinski definition) is 3. The molecule has 3 nitrogen and oxygen atoms in total. The third-order valence-corrected chi connectivity index (χ3v) is 2.56. The Kier molecular flexibility index (Phi) is 39.7. The summed E-state index contributed by atoms with van der Waals surface area (Å²) < 4.78 is 0. The zero-order valence-corrected chi connectivity index (χ0v) is 14.2. The lowest BCUT2D eigenvalue weighted by Crippen LogP contribution is -2.17. The smallest absolute Gasteiger partial charge is 0.00489 e. The lowest BCUT2D eigenvalue weighted by molar-refractivity contribution is 0.558. The van der Waals surface area contributed by atoms with Crippen molar-refractivity contribution < 1.29 is 0 Å². The van der Waals surface area contributed by atoms with E-state index in [4.69, 9.17) is 0 Å². The maximum atomic E-state index is 3.50. The molecular formula is C12H32Cl3N3. The van der Waals surface area contributed by atoms with Crippen molar-refractivity contribution in [2.24, 2.45) is 0 Å². The topological polar surface area (TPSA) is 36.1 Å². The highest BCUT2D eigenvalue weighted by Gasteiger charge is 1.90. The molecule has 0 aromatic heterocycles. The molecule has 6 heteroatoms. The van der Waals surface area contributed by atoms with Gasteiger partial charge in [-0.25, -0.2) is 0 Å². The van der Waals surface area contributed by atoms with Crippen molar-refractivity contribution in [1.82, 2.24) is 16.0 Å². The monoisotopic (exact) mass is 323 g/mol. The maximum absolute atomic E-state index is 3.50. The molecule has 0 aliphatic heterocycles. The van der Waals surface area contributed by atoms with Gasteiger partial charge >= 0.3 is 0 Å². The molecule has 18 heavy (non-hydrogen) atoms. The van der Waals surface area contributed by atoms with Gasteiger partial charge < -0.3 is 16.0 Å². The van der Waals surface area contributed by atoms with Crippen molar-refractivity contribution in [1.29, 1.82) is 0 Å². The summed E-state index contributed by atoms with van der Waals surface area (Å²) in [6.07, 6.45) is 7.93. The summed E-state index contributed by atoms with van der Waals surface area (Å²) in [7, 11) is 4.03. The minimum Gasteiger partial charge on any atom is -0.320 e. The normalized spacial score (nSPS) is 9.00. The summed E-state index contributed by atoms with van der Waals surface area (Å²) in [5.74, 6) is 0. The molecule has 0 heterocycles. The van der Waals surface area contributed by atoms with Crippen LogP contribution >= 0.6 is 37.2 Å². The number of rotatable bonds is 12. The van der Waals surface area contributed by atoms with Gasteiger partial charge in [-0.05, 0) is 66.0 Å². The van der Waals surface area contributed by atoms with Crippen LogP contribution in [0.15, 0.2) is 0 Å². The van der Waals surface area contributed by atoms with Crippen molar-refractivity contribution in [3.63, 3.8) is 0 Å². The van der Waals surface area contributed by atoms with Gasteiger partial charge in [0.05, 0.1) is 0 Å². The van der Waals surface area contributed by atoms with Gasteiger partial charge in [-0.2, -0.15) is 0 Å². The van der Waals surface area contributed by atoms with Gasteiger partial charge in [-0.1, -0.05) is 12.8 Å². The second kappa shape index (κ2) is 26.3. The average molecular weight is 325 g/mol. The van der Waals surface area contributed by atoms with E-state index in [0.29, 0.717) is 0 Å². The SMILES string of the molecule is CNCCCCCNCCCCCNC.Cl.Cl.Cl. The summed E-state index contributed by atoms with van der Waals surface area (Å²) in [6, 6.07) is 0. The Morgan fingerprint density at radius 2 is 0.833 bits per heavy atom. The predicted molar refractivity (Wildman–Crippen MR) is 90.2 cm³/mol. The minimum atomic E-state index is 0. The lowest BCUT2D eigenvalue weighted by atomic mass is 10.2. The molecule has 0 aromatic rings. The molecule has 0 unspecified atom stereocenters. The van der Waals surface area contributed by atoms with Crippen LogP contribution in [-0.4, -0.2) is 40.3 Å². The standard InChI is InChI=1S/C12H29N3.3ClH/c1-13-9-5-3-7-11-15-12-8-4-6-10-14-2;;;/h13-15H,3-12H2,1-2H3;3*1H. The molecule has 0 aliphatic carbocycles. The van der Waals surface area contributed by atoms with E-state index in [1.807, 2.05) is 14.1 Å². The van der Waals surface area contributed by atoms with E-state index in [2.05, 4.69) is 16.0 Å². The first-order chi connectivity index (χ1) is 7.41. The number of unbranched alkanes of at least 4 members (excludes halogenated alkanes) is 4. The zero-order valence-electron chi connectivity index (χ0n) is 11.8. The fourth-order valence-electron chi connectivity index (χ4n) is 1.58. The van der Waals surface area contributed by atoms with E-state index < -0.39 is 0 Å². The maximum Gasteiger partial charge on any atom is -0.00489 e. The molecule has 3 N–H and O–H groups in total. The summed E-state index contributed by atoms with van der Waals surface area (Å²) in [6.45, 7) is 4.69. The minimum absolute atomic E-state index is 0. The Morgan fingerprint density at radius 1 is 0.500 bits per heavy atom. The average Bonchev–Trinajstić information content (AvgIpc) is 2.26. The third-order valence-electron chi connectivity index (χ3n) is 2.56. The highest BCUT2D eigenvalue weighted by molar-refractivity contribution is 5.86. The summed E-state index contributed by atoms with van der Waals surface area (Å²) >= 11 is 0. The Hall–Kier alpha value is 0.750. The molecule has 0 aliphatic rings. The van der Waals surface area contributed by atoms with Crippen molar-refractivity contribution in [2.45, 2.75) is 38.5 Å². The first kappa shape index (κ1) is 27.2. The molecule has 0 bridgehead atoms. The van der Waals surface area contributed by atoms with Gasteiger partial charge in [0.25, 0.3) is 0 Å². The van der Waals surface area contributed by atoms with Gasteiger partial charge in [0.15, 0.2) is 0 Å². The molecule has 0 amide bonds. The Labute approximate surface area is 132 Å². The van der Waals surface area contributed by atoms with E-state index in [-0.39, 0.29) is 37.2 Å². The summed E-state index contributed by atoms with van der Waals surface area (Å²) in [5, 5.41) is 9.84. The van der Waals surface area contributed by atoms with Gasteiger partial charge in [-0.15, -0.1) is 37.2 Å². The molecule has 0 atom stereocenters. The van der Waals surface area contributed by atoms with Crippen molar-refractivity contribution >= 4 is 37.2 Å². The highest BCUT2D eigenvalue weighted by atomic mass is 35.5. The van der Waals surface area contributed by atoms with E-state index in [1.54, 1.807) is 0 Å². The van der Waals surface area contributed by atoms with Gasteiger partial charge in [-0.3, -0.25) is 0 Å². The predicted octanol–water partition coefficient (Wildman–Crippen LogP) is 2.62. The van der Waals surface area contributed by atoms with Crippen LogP contribution in [0.25, 0.3) is 0 Å². The second-order valence-electron chi connectivity index (χ2n) is 4.08. The van der Waals surface area contributed by atoms with Crippen LogP contribution in [0.1, 0.15) is 38.5 Å². The van der Waals surface area contributed by atoms with Crippen LogP contribution in [0.3, 0.4) is 0 Å². The van der Waals surface area contributed by atoms with E-state index in [9.17, 15) is 0 Å². The molecule has 0 saturated heterocycles. The van der Waals surface area contributed by atoms with E-state index >= 15 is 0 Å². The van der Waals surface area contributed by atoms with Crippen molar-refractivity contribution in [3.8, 4) is 0 Å². The van der Waals surface area contributed by atoms with Crippen molar-refractivity contribution in [2.75, 3.05) is 40.3 Å². The van der Waals surface area contributed by atoms with Crippen LogP contribution in [0.5, 0.6) is 0 Å². The van der Waals surface area contributed by atoms with Crippen LogP contribution in [-0.2, 0) is 0 Å². The molecule has 0 saturated carbocycles. The molecule has 0 aromatic carbocycles. The lowest BCUT2D eigenvalue weighted by Gasteiger charge is -2.04. The van der Waals surface area contributed by atoms with Gasteiger partial charge in [0.2, 0.25) is 0 Å². The Bertz CT molecular complexity index is 107. The van der Waals surface area contributed by atoms with Crippen LogP contribution in [0.2, 0.25) is 0 Å². The van der Waals surface area contributed by atoms with Gasteiger partial charge in [0.1, 0.15) is 0 Å². The first-order valence-electron chi connectivity index (χ1n) is 6.41. The first-order valence-corrected chi connectivity index (χ1v) is 6.41. The summed E-state index contributed by atoms with van der Waals surface area (Å²) in [4.78, 5) is 0. The molecule has 0 spiro atoms. The largest absolute Gasteiger partial charge is 0.320 e. The quantitative estimate of drug-likeness (QED) is 0.483. The number of halogens is 3. The third kappa shape index (κ3) is 25.6. The van der Waals surface area contributed by atoms with Crippen LogP contribution in [0.4, 0.5) is 0 Å². The van der Waals surface area contributed by atoms with Crippen LogP contribution in [0, 0.1) is 0 Å². The highest BCUT2D eigenvalue weighted by Crippen LogP contribution is 1.94. The molecule has 0 rings (SSSR count).